The summed E-state index contributed by atoms with van der Waals surface area (Å²) in [5.74, 6) is -1.46. The number of rotatable bonds is 8. The number of anilines is 2. The smallest absolute Gasteiger partial charge is 0.256 e. The fourth-order valence-electron chi connectivity index (χ4n) is 4.40. The van der Waals surface area contributed by atoms with Crippen molar-refractivity contribution in [3.8, 4) is 0 Å². The predicted octanol–water partition coefficient (Wildman–Crippen LogP) is 2.60. The summed E-state index contributed by atoms with van der Waals surface area (Å²) in [6.45, 7) is 0.0638. The molecule has 9 nitrogen and oxygen atoms in total. The van der Waals surface area contributed by atoms with Crippen LogP contribution in [-0.4, -0.2) is 72.7 Å². The molecule has 1 unspecified atom stereocenters. The third-order valence-electron chi connectivity index (χ3n) is 6.59. The van der Waals surface area contributed by atoms with Gasteiger partial charge in [-0.25, -0.2) is 0 Å². The number of nitrogen functional groups attached to an aromatic ring is 1. The Morgan fingerprint density at radius 1 is 0.974 bits per heavy atom. The van der Waals surface area contributed by atoms with Gasteiger partial charge in [-0.3, -0.25) is 19.2 Å². The van der Waals surface area contributed by atoms with Crippen LogP contribution in [0, 0.1) is 0 Å². The molecule has 4 rings (SSSR count). The number of likely N-dealkylation sites (N-methyl/N-ethyl adjacent to an activating group) is 1. The number of carbonyl (C=O) groups is 4. The highest BCUT2D eigenvalue weighted by atomic mass is 35.5. The van der Waals surface area contributed by atoms with Crippen molar-refractivity contribution < 1.29 is 19.2 Å². The molecule has 0 radical (unpaired) electrons. The summed E-state index contributed by atoms with van der Waals surface area (Å²) in [4.78, 5) is 56.4. The number of hydrogen-bond acceptors (Lipinski definition) is 5. The van der Waals surface area contributed by atoms with E-state index in [1.54, 1.807) is 55.6 Å². The maximum Gasteiger partial charge on any atom is 0.256 e. The molecule has 0 saturated carbocycles. The van der Waals surface area contributed by atoms with Crippen molar-refractivity contribution in [2.45, 2.75) is 12.5 Å². The Morgan fingerprint density at radius 2 is 1.64 bits per heavy atom. The third-order valence-corrected chi connectivity index (χ3v) is 6.84. The molecule has 1 heterocycles. The summed E-state index contributed by atoms with van der Waals surface area (Å²) >= 11 is 5.98. The lowest BCUT2D eigenvalue weighted by Gasteiger charge is -2.34. The molecule has 1 saturated heterocycles. The van der Waals surface area contributed by atoms with Crippen LogP contribution >= 0.6 is 11.6 Å². The zero-order valence-electron chi connectivity index (χ0n) is 21.5. The third kappa shape index (κ3) is 6.94. The number of carbonyl (C=O) groups excluding carboxylic acids is 4. The average molecular weight is 548 g/mol. The van der Waals surface area contributed by atoms with Gasteiger partial charge >= 0.3 is 0 Å². The second kappa shape index (κ2) is 12.4. The molecule has 3 N–H and O–H groups in total. The van der Waals surface area contributed by atoms with Crippen LogP contribution in [0.4, 0.5) is 11.4 Å². The van der Waals surface area contributed by atoms with Gasteiger partial charge in [0.1, 0.15) is 12.6 Å². The first-order chi connectivity index (χ1) is 18.7. The topological polar surface area (TPSA) is 116 Å². The molecule has 1 aliphatic rings. The van der Waals surface area contributed by atoms with E-state index in [0.29, 0.717) is 22.0 Å². The SMILES string of the molecule is CN(C(=O)C(Cc1ccccc1)NC(=O)CN1CCN(C(=O)c2ccccc2N)CC1=O)c1ccc(Cl)cc1. The van der Waals surface area contributed by atoms with Crippen molar-refractivity contribution in [2.24, 2.45) is 0 Å². The number of piperazine rings is 1. The van der Waals surface area contributed by atoms with Gasteiger partial charge in [0.15, 0.2) is 0 Å². The lowest BCUT2D eigenvalue weighted by atomic mass is 10.0. The number of nitrogens with two attached hydrogens (primary N) is 1. The lowest BCUT2D eigenvalue weighted by molar-refractivity contribution is -0.139. The number of nitrogens with zero attached hydrogens (tertiary/aromatic N) is 3. The second-order valence-electron chi connectivity index (χ2n) is 9.31. The zero-order chi connectivity index (χ0) is 27.9. The number of halogens is 1. The van der Waals surface area contributed by atoms with Crippen molar-refractivity contribution in [1.82, 2.24) is 15.1 Å². The molecule has 3 aromatic carbocycles. The molecule has 202 valence electrons. The van der Waals surface area contributed by atoms with E-state index < -0.39 is 11.9 Å². The molecule has 0 spiro atoms. The van der Waals surface area contributed by atoms with Crippen molar-refractivity contribution in [1.29, 1.82) is 0 Å². The van der Waals surface area contributed by atoms with Crippen molar-refractivity contribution >= 4 is 46.6 Å². The van der Waals surface area contributed by atoms with Crippen LogP contribution in [0.3, 0.4) is 0 Å². The van der Waals surface area contributed by atoms with Crippen LogP contribution in [0.1, 0.15) is 15.9 Å². The Hall–Kier alpha value is -4.37. The van der Waals surface area contributed by atoms with E-state index in [4.69, 9.17) is 17.3 Å². The molecule has 1 aliphatic heterocycles. The van der Waals surface area contributed by atoms with Gasteiger partial charge in [0.2, 0.25) is 17.7 Å². The first-order valence-corrected chi connectivity index (χ1v) is 12.9. The van der Waals surface area contributed by atoms with Crippen LogP contribution in [0.5, 0.6) is 0 Å². The Kier molecular flexibility index (Phi) is 8.83. The number of hydrogen-bond donors (Lipinski definition) is 2. The van der Waals surface area contributed by atoms with E-state index in [-0.39, 0.29) is 50.3 Å². The minimum absolute atomic E-state index is 0.161. The van der Waals surface area contributed by atoms with E-state index in [1.807, 2.05) is 30.3 Å². The molecule has 4 amide bonds. The van der Waals surface area contributed by atoms with E-state index in [9.17, 15) is 19.2 Å². The summed E-state index contributed by atoms with van der Waals surface area (Å²) in [6.07, 6.45) is 0.276. The van der Waals surface area contributed by atoms with Gasteiger partial charge in [0.25, 0.3) is 5.91 Å². The van der Waals surface area contributed by atoms with E-state index >= 15 is 0 Å². The molecule has 10 heteroatoms. The Morgan fingerprint density at radius 3 is 2.31 bits per heavy atom. The van der Waals surface area contributed by atoms with Gasteiger partial charge in [-0.15, -0.1) is 0 Å². The molecule has 0 aliphatic carbocycles. The summed E-state index contributed by atoms with van der Waals surface area (Å²) < 4.78 is 0. The Labute approximate surface area is 232 Å². The highest BCUT2D eigenvalue weighted by Crippen LogP contribution is 2.19. The number of para-hydroxylation sites is 1. The summed E-state index contributed by atoms with van der Waals surface area (Å²) in [7, 11) is 1.63. The molecule has 0 bridgehead atoms. The first-order valence-electron chi connectivity index (χ1n) is 12.5. The maximum atomic E-state index is 13.4. The van der Waals surface area contributed by atoms with E-state index in [1.165, 1.54) is 14.7 Å². The van der Waals surface area contributed by atoms with Gasteiger partial charge in [-0.05, 0) is 42.0 Å². The fourth-order valence-corrected chi connectivity index (χ4v) is 4.53. The summed E-state index contributed by atoms with van der Waals surface area (Å²) in [5, 5.41) is 3.36. The average Bonchev–Trinajstić information content (AvgIpc) is 2.94. The van der Waals surface area contributed by atoms with Gasteiger partial charge < -0.3 is 25.8 Å². The van der Waals surface area contributed by atoms with Crippen LogP contribution in [0.25, 0.3) is 0 Å². The monoisotopic (exact) mass is 547 g/mol. The molecular formula is C29H30ClN5O4. The van der Waals surface area contributed by atoms with Gasteiger partial charge in [-0.2, -0.15) is 0 Å². The van der Waals surface area contributed by atoms with Crippen LogP contribution in [0.15, 0.2) is 78.9 Å². The highest BCUT2D eigenvalue weighted by molar-refractivity contribution is 6.30. The normalized spacial score (nSPS) is 14.1. The molecule has 1 fully saturated rings. The largest absolute Gasteiger partial charge is 0.398 e. The van der Waals surface area contributed by atoms with E-state index in [0.717, 1.165) is 5.56 Å². The van der Waals surface area contributed by atoms with Crippen LogP contribution in [-0.2, 0) is 20.8 Å². The highest BCUT2D eigenvalue weighted by Gasteiger charge is 2.31. The quantitative estimate of drug-likeness (QED) is 0.421. The predicted molar refractivity (Wildman–Crippen MR) is 150 cm³/mol. The molecule has 39 heavy (non-hydrogen) atoms. The molecule has 1 atom stereocenters. The molecule has 0 aromatic heterocycles. The number of benzene rings is 3. The van der Waals surface area contributed by atoms with Gasteiger partial charge in [0.05, 0.1) is 12.1 Å². The second-order valence-corrected chi connectivity index (χ2v) is 9.75. The van der Waals surface area contributed by atoms with Crippen LogP contribution < -0.4 is 16.0 Å². The van der Waals surface area contributed by atoms with E-state index in [2.05, 4.69) is 5.32 Å². The minimum Gasteiger partial charge on any atom is -0.398 e. The number of nitrogens with one attached hydrogen (secondary N) is 1. The minimum atomic E-state index is -0.861. The number of amides is 4. The Balaban J connectivity index is 1.41. The lowest BCUT2D eigenvalue weighted by Crippen LogP contribution is -2.56. The molecule has 3 aromatic rings. The Bertz CT molecular complexity index is 1350. The maximum absolute atomic E-state index is 13.4. The standard InChI is InChI=1S/C29H30ClN5O4/c1-33(22-13-11-21(30)12-14-22)29(39)25(17-20-7-3-2-4-8-20)32-26(36)18-34-15-16-35(19-27(34)37)28(38)23-9-5-6-10-24(23)31/h2-14,25H,15-19,31H2,1H3,(H,32,36). The molecular weight excluding hydrogens is 518 g/mol. The van der Waals surface area contributed by atoms with Crippen molar-refractivity contribution in [3.63, 3.8) is 0 Å². The zero-order valence-corrected chi connectivity index (χ0v) is 22.3. The van der Waals surface area contributed by atoms with Gasteiger partial charge in [0, 0.05) is 43.0 Å². The van der Waals surface area contributed by atoms with Crippen LogP contribution in [0.2, 0.25) is 5.02 Å². The van der Waals surface area contributed by atoms with Crippen molar-refractivity contribution in [2.75, 3.05) is 43.9 Å². The van der Waals surface area contributed by atoms with Crippen molar-refractivity contribution in [3.05, 3.63) is 95.0 Å². The van der Waals surface area contributed by atoms with Gasteiger partial charge in [-0.1, -0.05) is 54.1 Å². The summed E-state index contributed by atoms with van der Waals surface area (Å²) in [6, 6.07) is 22.0. The fraction of sp³-hybridized carbons (Fsp3) is 0.241. The summed E-state index contributed by atoms with van der Waals surface area (Å²) in [5.41, 5.74) is 8.10. The first kappa shape index (κ1) is 27.7.